The number of unbranched alkanes of at least 4 members (excludes halogenated alkanes) is 3. The third kappa shape index (κ3) is 9.04. The molecular formula is C34H52N3O4+. The van der Waals surface area contributed by atoms with E-state index in [2.05, 4.69) is 52.0 Å². The van der Waals surface area contributed by atoms with E-state index in [-0.39, 0.29) is 24.4 Å². The number of ether oxygens (including phenoxy) is 1. The molecule has 2 aromatic carbocycles. The molecule has 7 heteroatoms. The van der Waals surface area contributed by atoms with Gasteiger partial charge in [-0.15, -0.1) is 0 Å². The molecule has 3 atom stereocenters. The van der Waals surface area contributed by atoms with E-state index >= 15 is 0 Å². The van der Waals surface area contributed by atoms with Crippen LogP contribution >= 0.6 is 0 Å². The molecule has 226 valence electrons. The van der Waals surface area contributed by atoms with Crippen LogP contribution in [-0.4, -0.2) is 75.3 Å². The highest BCUT2D eigenvalue weighted by atomic mass is 16.5. The number of carboxylic acids is 1. The maximum absolute atomic E-state index is 13.8. The standard InChI is InChI=1S/C31H42N2O4.C3H9N/c1-4-6-8-12-27-30(31(35)36)26(23-13-14-28-24(19-23)15-17-37-28)20-32(27)21-29(34)33(16-7-5-2)25-11-9-10-22(3)18-25;1-4(2)3/h9-11,13-14,18-19,26-27,30H,4-8,12,15-17,20-21H2,1-3H3,(H,35,36);1-3H3/p+1/t26-,27+,30-;/m1./s1. The molecule has 1 fully saturated rings. The van der Waals surface area contributed by atoms with Gasteiger partial charge in [-0.2, -0.15) is 0 Å². The van der Waals surface area contributed by atoms with E-state index in [1.54, 1.807) is 0 Å². The van der Waals surface area contributed by atoms with Gasteiger partial charge in [0.2, 0.25) is 5.91 Å². The zero-order chi connectivity index (χ0) is 29.9. The van der Waals surface area contributed by atoms with Gasteiger partial charge in [-0.3, -0.25) is 14.5 Å². The number of hydrogen-bond acceptors (Lipinski definition) is 4. The molecule has 2 heterocycles. The average molecular weight is 567 g/mol. The molecule has 2 N–H and O–H groups in total. The Morgan fingerprint density at radius 3 is 2.44 bits per heavy atom. The SMILES string of the molecule is CCCCC[C@H]1[C@H](C(=O)O)[C@@H](c2ccc3c(c2)CCO3)CN1CC(=O)N(CCCC)c1cccc(C)c1.C[NH+](C)C. The van der Waals surface area contributed by atoms with Crippen molar-refractivity contribution in [1.29, 1.82) is 0 Å². The number of nitrogens with one attached hydrogen (secondary N) is 1. The largest absolute Gasteiger partial charge is 0.493 e. The minimum atomic E-state index is -0.764. The number of amides is 1. The molecule has 0 bridgehead atoms. The van der Waals surface area contributed by atoms with E-state index in [0.29, 0.717) is 19.7 Å². The number of carboxylic acid groups (broad SMARTS) is 1. The van der Waals surface area contributed by atoms with Gasteiger partial charge in [0.25, 0.3) is 0 Å². The van der Waals surface area contributed by atoms with Crippen molar-refractivity contribution in [2.75, 3.05) is 52.3 Å². The molecule has 2 aliphatic rings. The second-order valence-corrected chi connectivity index (χ2v) is 12.2. The van der Waals surface area contributed by atoms with E-state index < -0.39 is 11.9 Å². The van der Waals surface area contributed by atoms with Crippen LogP contribution in [0.1, 0.15) is 75.0 Å². The molecule has 0 aromatic heterocycles. The van der Waals surface area contributed by atoms with Gasteiger partial charge in [-0.25, -0.2) is 0 Å². The van der Waals surface area contributed by atoms with Crippen molar-refractivity contribution in [3.63, 3.8) is 0 Å². The third-order valence-electron chi connectivity index (χ3n) is 7.97. The molecule has 1 saturated heterocycles. The van der Waals surface area contributed by atoms with Crippen LogP contribution in [0.4, 0.5) is 5.69 Å². The van der Waals surface area contributed by atoms with Crippen LogP contribution in [0.15, 0.2) is 42.5 Å². The molecule has 7 nitrogen and oxygen atoms in total. The van der Waals surface area contributed by atoms with Gasteiger partial charge in [-0.05, 0) is 54.7 Å². The highest BCUT2D eigenvalue weighted by Crippen LogP contribution is 2.41. The van der Waals surface area contributed by atoms with Gasteiger partial charge >= 0.3 is 5.97 Å². The lowest BCUT2D eigenvalue weighted by Crippen LogP contribution is -3.02. The Labute approximate surface area is 247 Å². The molecule has 0 aliphatic carbocycles. The number of likely N-dealkylation sites (tertiary alicyclic amines) is 1. The molecule has 0 spiro atoms. The number of anilines is 1. The number of fused-ring (bicyclic) bond motifs is 1. The van der Waals surface area contributed by atoms with Crippen LogP contribution in [0, 0.1) is 12.8 Å². The number of benzene rings is 2. The Morgan fingerprint density at radius 2 is 1.78 bits per heavy atom. The lowest BCUT2D eigenvalue weighted by molar-refractivity contribution is -0.836. The molecule has 2 aromatic rings. The lowest BCUT2D eigenvalue weighted by Gasteiger charge is -2.30. The summed E-state index contributed by atoms with van der Waals surface area (Å²) >= 11 is 0. The molecule has 4 rings (SSSR count). The van der Waals surface area contributed by atoms with E-state index in [9.17, 15) is 14.7 Å². The van der Waals surface area contributed by atoms with Crippen molar-refractivity contribution >= 4 is 17.6 Å². The predicted molar refractivity (Wildman–Crippen MR) is 166 cm³/mol. The van der Waals surface area contributed by atoms with E-state index in [1.807, 2.05) is 42.2 Å². The van der Waals surface area contributed by atoms with Crippen molar-refractivity contribution < 1.29 is 24.3 Å². The van der Waals surface area contributed by atoms with Gasteiger partial charge in [0.15, 0.2) is 0 Å². The molecule has 0 radical (unpaired) electrons. The maximum Gasteiger partial charge on any atom is 0.308 e. The zero-order valence-corrected chi connectivity index (χ0v) is 26.1. The molecule has 0 saturated carbocycles. The lowest BCUT2D eigenvalue weighted by atomic mass is 9.83. The van der Waals surface area contributed by atoms with Crippen molar-refractivity contribution in [1.82, 2.24) is 4.90 Å². The van der Waals surface area contributed by atoms with Gasteiger partial charge in [0.05, 0.1) is 40.2 Å². The summed E-state index contributed by atoms with van der Waals surface area (Å²) in [5.41, 5.74) is 4.25. The summed E-state index contributed by atoms with van der Waals surface area (Å²) < 4.78 is 5.68. The van der Waals surface area contributed by atoms with Crippen LogP contribution in [0.3, 0.4) is 0 Å². The first-order valence-corrected chi connectivity index (χ1v) is 15.5. The number of carbonyl (C=O) groups excluding carboxylic acids is 1. The summed E-state index contributed by atoms with van der Waals surface area (Å²) in [5.74, 6) is -0.491. The van der Waals surface area contributed by atoms with E-state index in [1.165, 1.54) is 4.90 Å². The van der Waals surface area contributed by atoms with Crippen LogP contribution in [0.25, 0.3) is 0 Å². The first kappa shape index (κ1) is 32.6. The topological polar surface area (TPSA) is 74.5 Å². The van der Waals surface area contributed by atoms with Crippen molar-refractivity contribution in [3.05, 3.63) is 59.2 Å². The summed E-state index contributed by atoms with van der Waals surface area (Å²) in [6.07, 6.45) is 6.70. The summed E-state index contributed by atoms with van der Waals surface area (Å²) in [5, 5.41) is 10.4. The Hall–Kier alpha value is -2.90. The monoisotopic (exact) mass is 566 g/mol. The van der Waals surface area contributed by atoms with Crippen molar-refractivity contribution in [2.45, 2.75) is 77.7 Å². The summed E-state index contributed by atoms with van der Waals surface area (Å²) in [6, 6.07) is 14.1. The Bertz CT molecular complexity index is 1130. The fraction of sp³-hybridized carbons (Fsp3) is 0.588. The zero-order valence-electron chi connectivity index (χ0n) is 26.1. The number of aliphatic carboxylic acids is 1. The Balaban J connectivity index is 0.00000108. The minimum absolute atomic E-state index is 0.0479. The van der Waals surface area contributed by atoms with Crippen molar-refractivity contribution in [2.24, 2.45) is 5.92 Å². The summed E-state index contributed by atoms with van der Waals surface area (Å²) in [4.78, 5) is 31.9. The van der Waals surface area contributed by atoms with Gasteiger partial charge in [-0.1, -0.05) is 63.8 Å². The highest BCUT2D eigenvalue weighted by Gasteiger charge is 2.47. The Kier molecular flexibility index (Phi) is 12.7. The molecule has 1 amide bonds. The van der Waals surface area contributed by atoms with Crippen molar-refractivity contribution in [3.8, 4) is 5.75 Å². The second kappa shape index (κ2) is 15.9. The first-order chi connectivity index (χ1) is 19.7. The fourth-order valence-electron chi connectivity index (χ4n) is 6.00. The number of hydrogen-bond donors (Lipinski definition) is 2. The van der Waals surface area contributed by atoms with E-state index in [0.717, 1.165) is 73.1 Å². The quantitative estimate of drug-likeness (QED) is 0.368. The highest BCUT2D eigenvalue weighted by molar-refractivity contribution is 5.95. The normalized spacial score (nSPS) is 19.8. The minimum Gasteiger partial charge on any atom is -0.493 e. The van der Waals surface area contributed by atoms with Crippen LogP contribution in [0.2, 0.25) is 0 Å². The smallest absolute Gasteiger partial charge is 0.308 e. The summed E-state index contributed by atoms with van der Waals surface area (Å²) in [7, 11) is 6.25. The van der Waals surface area contributed by atoms with Gasteiger partial charge in [0, 0.05) is 37.2 Å². The number of quaternary nitrogens is 1. The third-order valence-corrected chi connectivity index (χ3v) is 7.97. The number of rotatable bonds is 12. The Morgan fingerprint density at radius 1 is 1.05 bits per heavy atom. The maximum atomic E-state index is 13.8. The summed E-state index contributed by atoms with van der Waals surface area (Å²) in [6.45, 7) is 8.50. The van der Waals surface area contributed by atoms with E-state index in [4.69, 9.17) is 4.74 Å². The van der Waals surface area contributed by atoms with Crippen LogP contribution in [-0.2, 0) is 16.0 Å². The average Bonchev–Trinajstić information content (AvgIpc) is 3.53. The molecule has 2 aliphatic heterocycles. The number of carbonyl (C=O) groups is 2. The predicted octanol–water partition coefficient (Wildman–Crippen LogP) is 4.57. The number of aryl methyl sites for hydroxylation is 1. The number of nitrogens with zero attached hydrogens (tertiary/aromatic N) is 2. The van der Waals surface area contributed by atoms with Crippen LogP contribution in [0.5, 0.6) is 5.75 Å². The van der Waals surface area contributed by atoms with Gasteiger partial charge < -0.3 is 19.6 Å². The molecule has 0 unspecified atom stereocenters. The fourth-order valence-corrected chi connectivity index (χ4v) is 6.00. The second-order valence-electron chi connectivity index (χ2n) is 12.2. The van der Waals surface area contributed by atoms with Gasteiger partial charge in [0.1, 0.15) is 5.75 Å². The molecule has 41 heavy (non-hydrogen) atoms. The van der Waals surface area contributed by atoms with Crippen LogP contribution < -0.4 is 14.5 Å². The first-order valence-electron chi connectivity index (χ1n) is 15.5. The molecular weight excluding hydrogens is 514 g/mol.